The molecule has 0 amide bonds. The summed E-state index contributed by atoms with van der Waals surface area (Å²) in [4.78, 5) is 6.61. The lowest BCUT2D eigenvalue weighted by Gasteiger charge is -2.35. The summed E-state index contributed by atoms with van der Waals surface area (Å²) < 4.78 is 29.6. The van der Waals surface area contributed by atoms with Gasteiger partial charge in [0.05, 0.1) is 6.04 Å². The monoisotopic (exact) mass is 317 g/mol. The fourth-order valence-electron chi connectivity index (χ4n) is 2.59. The number of hydrogen-bond acceptors (Lipinski definition) is 6. The molecule has 1 aliphatic heterocycles. The molecule has 0 saturated carbocycles. The largest absolute Gasteiger partial charge is 0.338 e. The Morgan fingerprint density at radius 3 is 2.95 bits per heavy atom. The highest BCUT2D eigenvalue weighted by Crippen LogP contribution is 2.25. The third kappa shape index (κ3) is 4.73. The van der Waals surface area contributed by atoms with Crippen molar-refractivity contribution in [2.45, 2.75) is 39.2 Å². The van der Waals surface area contributed by atoms with Gasteiger partial charge in [-0.3, -0.25) is 4.90 Å². The zero-order chi connectivity index (χ0) is 15.5. The van der Waals surface area contributed by atoms with E-state index in [4.69, 9.17) is 9.66 Å². The average molecular weight is 317 g/mol. The molecular formula is C12H23N5O3S. The third-order valence-electron chi connectivity index (χ3n) is 3.83. The van der Waals surface area contributed by atoms with Gasteiger partial charge in [0.25, 0.3) is 10.2 Å². The summed E-state index contributed by atoms with van der Waals surface area (Å²) in [5.41, 5.74) is 0. The molecule has 0 bridgehead atoms. The van der Waals surface area contributed by atoms with Gasteiger partial charge in [-0.2, -0.15) is 13.4 Å². The molecule has 0 aromatic carbocycles. The van der Waals surface area contributed by atoms with Gasteiger partial charge in [0, 0.05) is 19.5 Å². The number of likely N-dealkylation sites (tertiary alicyclic amines) is 1. The van der Waals surface area contributed by atoms with Gasteiger partial charge in [0.15, 0.2) is 5.82 Å². The smallest absolute Gasteiger partial charge is 0.274 e. The van der Waals surface area contributed by atoms with Crippen LogP contribution in [0.4, 0.5) is 0 Å². The Kier molecular flexibility index (Phi) is 5.31. The molecule has 2 rings (SSSR count). The summed E-state index contributed by atoms with van der Waals surface area (Å²) in [5, 5.41) is 8.89. The van der Waals surface area contributed by atoms with Gasteiger partial charge in [-0.05, 0) is 32.2 Å². The van der Waals surface area contributed by atoms with Crippen LogP contribution in [0.25, 0.3) is 0 Å². The van der Waals surface area contributed by atoms with E-state index in [0.717, 1.165) is 32.4 Å². The highest BCUT2D eigenvalue weighted by Gasteiger charge is 2.27. The van der Waals surface area contributed by atoms with Gasteiger partial charge in [-0.25, -0.2) is 9.86 Å². The molecule has 3 N–H and O–H groups in total. The van der Waals surface area contributed by atoms with Crippen LogP contribution < -0.4 is 9.86 Å². The first kappa shape index (κ1) is 16.3. The van der Waals surface area contributed by atoms with Gasteiger partial charge in [0.1, 0.15) is 0 Å². The molecule has 120 valence electrons. The van der Waals surface area contributed by atoms with E-state index in [1.807, 2.05) is 13.8 Å². The predicted octanol–water partition coefficient (Wildman–Crippen LogP) is 0.198. The fraction of sp³-hybridized carbons (Fsp3) is 0.833. The second kappa shape index (κ2) is 6.82. The Morgan fingerprint density at radius 1 is 1.57 bits per heavy atom. The van der Waals surface area contributed by atoms with E-state index in [2.05, 4.69) is 19.8 Å². The van der Waals surface area contributed by atoms with Crippen LogP contribution in [-0.2, 0) is 16.6 Å². The summed E-state index contributed by atoms with van der Waals surface area (Å²) in [5.74, 6) is 1.57. The van der Waals surface area contributed by atoms with Crippen LogP contribution in [0, 0.1) is 5.92 Å². The minimum absolute atomic E-state index is 0.0371. The molecule has 0 unspecified atom stereocenters. The summed E-state index contributed by atoms with van der Waals surface area (Å²) >= 11 is 0. The Bertz CT molecular complexity index is 559. The molecule has 2 heterocycles. The van der Waals surface area contributed by atoms with E-state index in [9.17, 15) is 8.42 Å². The van der Waals surface area contributed by atoms with E-state index in [1.54, 1.807) is 0 Å². The Balaban J connectivity index is 1.93. The number of hydrogen-bond donors (Lipinski definition) is 2. The van der Waals surface area contributed by atoms with Crippen LogP contribution in [0.5, 0.6) is 0 Å². The molecule has 21 heavy (non-hydrogen) atoms. The van der Waals surface area contributed by atoms with Gasteiger partial charge in [0.2, 0.25) is 5.89 Å². The molecule has 0 aliphatic carbocycles. The van der Waals surface area contributed by atoms with Crippen LogP contribution in [0.2, 0.25) is 0 Å². The maximum atomic E-state index is 11.0. The molecule has 1 saturated heterocycles. The number of aryl methyl sites for hydroxylation is 1. The normalized spacial score (nSPS) is 22.3. The lowest BCUT2D eigenvalue weighted by atomic mass is 9.97. The SMILES string of the molecule is CCc1noc([C@H](C)N2CCC[C@@H](CNS(N)(=O)=O)C2)n1. The third-order valence-corrected chi connectivity index (χ3v) is 4.40. The lowest BCUT2D eigenvalue weighted by Crippen LogP contribution is -2.43. The molecule has 0 radical (unpaired) electrons. The first-order valence-corrected chi connectivity index (χ1v) is 8.77. The Labute approximate surface area is 125 Å². The van der Waals surface area contributed by atoms with E-state index in [-0.39, 0.29) is 12.0 Å². The molecule has 8 nitrogen and oxygen atoms in total. The summed E-state index contributed by atoms with van der Waals surface area (Å²) in [6.07, 6.45) is 2.74. The molecule has 1 fully saturated rings. The first-order valence-electron chi connectivity index (χ1n) is 7.23. The number of piperidine rings is 1. The molecule has 1 aliphatic rings. The van der Waals surface area contributed by atoms with Gasteiger partial charge in [-0.1, -0.05) is 12.1 Å². The number of rotatable bonds is 6. The van der Waals surface area contributed by atoms with Crippen molar-refractivity contribution < 1.29 is 12.9 Å². The Morgan fingerprint density at radius 2 is 2.33 bits per heavy atom. The zero-order valence-corrected chi connectivity index (χ0v) is 13.3. The van der Waals surface area contributed by atoms with E-state index >= 15 is 0 Å². The van der Waals surface area contributed by atoms with E-state index in [1.165, 1.54) is 0 Å². The number of nitrogens with one attached hydrogen (secondary N) is 1. The van der Waals surface area contributed by atoms with Crippen LogP contribution >= 0.6 is 0 Å². The standard InChI is InChI=1S/C12H23N5O3S/c1-3-11-15-12(20-16-11)9(2)17-6-4-5-10(8-17)7-14-21(13,18)19/h9-10,14H,3-8H2,1-2H3,(H2,13,18,19)/t9-,10-/m0/s1. The molecule has 0 spiro atoms. The van der Waals surface area contributed by atoms with Crippen LogP contribution in [0.15, 0.2) is 4.52 Å². The van der Waals surface area contributed by atoms with Crippen molar-refractivity contribution in [1.82, 2.24) is 19.8 Å². The number of aromatic nitrogens is 2. The number of nitrogens with two attached hydrogens (primary N) is 1. The molecule has 1 aromatic heterocycles. The topological polar surface area (TPSA) is 114 Å². The van der Waals surface area contributed by atoms with E-state index in [0.29, 0.717) is 18.3 Å². The first-order chi connectivity index (χ1) is 9.89. The predicted molar refractivity (Wildman–Crippen MR) is 77.5 cm³/mol. The van der Waals surface area contributed by atoms with Crippen molar-refractivity contribution >= 4 is 10.2 Å². The van der Waals surface area contributed by atoms with Crippen molar-refractivity contribution in [2.24, 2.45) is 11.1 Å². The average Bonchev–Trinajstić information content (AvgIpc) is 2.93. The second-order valence-corrected chi connectivity index (χ2v) is 6.85. The maximum absolute atomic E-state index is 11.0. The van der Waals surface area contributed by atoms with Crippen LogP contribution in [0.3, 0.4) is 0 Å². The minimum Gasteiger partial charge on any atom is -0.338 e. The van der Waals surface area contributed by atoms with Crippen molar-refractivity contribution in [3.63, 3.8) is 0 Å². The molecule has 1 aromatic rings. The summed E-state index contributed by atoms with van der Waals surface area (Å²) in [6.45, 7) is 6.11. The quantitative estimate of drug-likeness (QED) is 0.774. The minimum atomic E-state index is -3.62. The van der Waals surface area contributed by atoms with Crippen LogP contribution in [0.1, 0.15) is 44.4 Å². The molecule has 9 heteroatoms. The zero-order valence-electron chi connectivity index (χ0n) is 12.4. The van der Waals surface area contributed by atoms with Gasteiger partial charge < -0.3 is 4.52 Å². The summed E-state index contributed by atoms with van der Waals surface area (Å²) in [7, 11) is -3.62. The van der Waals surface area contributed by atoms with Crippen LogP contribution in [-0.4, -0.2) is 43.1 Å². The van der Waals surface area contributed by atoms with Gasteiger partial charge >= 0.3 is 0 Å². The maximum Gasteiger partial charge on any atom is 0.274 e. The van der Waals surface area contributed by atoms with Crippen molar-refractivity contribution in [3.8, 4) is 0 Å². The van der Waals surface area contributed by atoms with Crippen molar-refractivity contribution in [3.05, 3.63) is 11.7 Å². The number of nitrogens with zero attached hydrogens (tertiary/aromatic N) is 3. The molecular weight excluding hydrogens is 294 g/mol. The van der Waals surface area contributed by atoms with Gasteiger partial charge in [-0.15, -0.1) is 0 Å². The fourth-order valence-corrected chi connectivity index (χ4v) is 3.05. The van der Waals surface area contributed by atoms with Crippen molar-refractivity contribution in [2.75, 3.05) is 19.6 Å². The highest BCUT2D eigenvalue weighted by molar-refractivity contribution is 7.87. The lowest BCUT2D eigenvalue weighted by molar-refractivity contribution is 0.112. The summed E-state index contributed by atoms with van der Waals surface area (Å²) in [6, 6.07) is 0.0371. The highest BCUT2D eigenvalue weighted by atomic mass is 32.2. The second-order valence-electron chi connectivity index (χ2n) is 5.48. The Hall–Kier alpha value is -1.03. The molecule has 2 atom stereocenters. The van der Waals surface area contributed by atoms with E-state index < -0.39 is 10.2 Å². The van der Waals surface area contributed by atoms with Crippen molar-refractivity contribution in [1.29, 1.82) is 0 Å².